The monoisotopic (exact) mass is 533 g/mol. The SMILES string of the molecule is COc1ccc(-c2c(Cc3ccccc3)nc(NC(=O)c3ccccc3)n2Cc2ccc(OC)cc2OC)cc1. The second-order valence-electron chi connectivity index (χ2n) is 9.21. The second kappa shape index (κ2) is 12.2. The van der Waals surface area contributed by atoms with Gasteiger partial charge in [0, 0.05) is 29.2 Å². The van der Waals surface area contributed by atoms with Gasteiger partial charge in [0.15, 0.2) is 0 Å². The van der Waals surface area contributed by atoms with Crippen molar-refractivity contribution in [2.24, 2.45) is 0 Å². The molecule has 1 amide bonds. The summed E-state index contributed by atoms with van der Waals surface area (Å²) in [6.45, 7) is 0.403. The summed E-state index contributed by atoms with van der Waals surface area (Å²) in [5.74, 6) is 2.35. The molecule has 0 radical (unpaired) electrons. The third-order valence-electron chi connectivity index (χ3n) is 6.70. The van der Waals surface area contributed by atoms with Crippen molar-refractivity contribution in [3.63, 3.8) is 0 Å². The van der Waals surface area contributed by atoms with Crippen LogP contribution in [0.15, 0.2) is 103 Å². The van der Waals surface area contributed by atoms with Gasteiger partial charge in [0.1, 0.15) is 17.2 Å². The Kier molecular flexibility index (Phi) is 8.11. The molecular weight excluding hydrogens is 502 g/mol. The van der Waals surface area contributed by atoms with Crippen molar-refractivity contribution in [3.8, 4) is 28.5 Å². The van der Waals surface area contributed by atoms with Crippen LogP contribution < -0.4 is 19.5 Å². The van der Waals surface area contributed by atoms with Gasteiger partial charge in [-0.3, -0.25) is 10.1 Å². The fourth-order valence-corrected chi connectivity index (χ4v) is 4.65. The van der Waals surface area contributed by atoms with Gasteiger partial charge in [-0.25, -0.2) is 4.98 Å². The van der Waals surface area contributed by atoms with Crippen molar-refractivity contribution in [2.45, 2.75) is 13.0 Å². The van der Waals surface area contributed by atoms with Crippen molar-refractivity contribution in [3.05, 3.63) is 126 Å². The van der Waals surface area contributed by atoms with Gasteiger partial charge in [-0.05, 0) is 54.1 Å². The number of carbonyl (C=O) groups is 1. The van der Waals surface area contributed by atoms with Gasteiger partial charge < -0.3 is 18.8 Å². The number of aromatic nitrogens is 2. The number of ether oxygens (including phenoxy) is 3. The molecule has 4 aromatic carbocycles. The number of carbonyl (C=O) groups excluding carboxylic acids is 1. The van der Waals surface area contributed by atoms with Crippen LogP contribution in [-0.4, -0.2) is 36.8 Å². The number of rotatable bonds is 10. The Morgan fingerprint density at radius 3 is 2.08 bits per heavy atom. The van der Waals surface area contributed by atoms with Crippen molar-refractivity contribution >= 4 is 11.9 Å². The average Bonchev–Trinajstić information content (AvgIpc) is 3.33. The van der Waals surface area contributed by atoms with E-state index in [1.54, 1.807) is 33.5 Å². The van der Waals surface area contributed by atoms with Crippen molar-refractivity contribution in [1.29, 1.82) is 0 Å². The Bertz CT molecular complexity index is 1580. The third kappa shape index (κ3) is 5.83. The summed E-state index contributed by atoms with van der Waals surface area (Å²) in [5.41, 5.74) is 5.27. The van der Waals surface area contributed by atoms with Crippen LogP contribution in [0.25, 0.3) is 11.3 Å². The molecule has 0 saturated heterocycles. The Labute approximate surface area is 234 Å². The van der Waals surface area contributed by atoms with E-state index in [4.69, 9.17) is 19.2 Å². The lowest BCUT2D eigenvalue weighted by molar-refractivity contribution is 0.102. The number of amides is 1. The van der Waals surface area contributed by atoms with E-state index in [-0.39, 0.29) is 5.91 Å². The predicted molar refractivity (Wildman–Crippen MR) is 157 cm³/mol. The van der Waals surface area contributed by atoms with Gasteiger partial charge in [-0.15, -0.1) is 0 Å². The summed E-state index contributed by atoms with van der Waals surface area (Å²) < 4.78 is 18.6. The lowest BCUT2D eigenvalue weighted by Gasteiger charge is -2.16. The smallest absolute Gasteiger partial charge is 0.257 e. The second-order valence-corrected chi connectivity index (χ2v) is 9.21. The molecule has 0 spiro atoms. The molecule has 0 aliphatic rings. The summed E-state index contributed by atoms with van der Waals surface area (Å²) in [6.07, 6.45) is 0.586. The zero-order chi connectivity index (χ0) is 27.9. The molecule has 7 nitrogen and oxygen atoms in total. The molecule has 7 heteroatoms. The molecule has 0 bridgehead atoms. The zero-order valence-electron chi connectivity index (χ0n) is 22.8. The van der Waals surface area contributed by atoms with E-state index in [9.17, 15) is 4.79 Å². The van der Waals surface area contributed by atoms with Crippen molar-refractivity contribution in [1.82, 2.24) is 9.55 Å². The molecule has 0 atom stereocenters. The zero-order valence-corrected chi connectivity index (χ0v) is 22.8. The third-order valence-corrected chi connectivity index (χ3v) is 6.70. The van der Waals surface area contributed by atoms with E-state index in [1.807, 2.05) is 83.4 Å². The Morgan fingerprint density at radius 2 is 1.43 bits per heavy atom. The van der Waals surface area contributed by atoms with Gasteiger partial charge in [0.05, 0.1) is 39.3 Å². The minimum Gasteiger partial charge on any atom is -0.497 e. The van der Waals surface area contributed by atoms with Crippen molar-refractivity contribution < 1.29 is 19.0 Å². The van der Waals surface area contributed by atoms with Crippen LogP contribution in [0.2, 0.25) is 0 Å². The van der Waals surface area contributed by atoms with E-state index >= 15 is 0 Å². The summed E-state index contributed by atoms with van der Waals surface area (Å²) >= 11 is 0. The number of nitrogens with one attached hydrogen (secondary N) is 1. The van der Waals surface area contributed by atoms with E-state index < -0.39 is 0 Å². The number of imidazole rings is 1. The Morgan fingerprint density at radius 1 is 0.775 bits per heavy atom. The topological polar surface area (TPSA) is 74.6 Å². The molecule has 40 heavy (non-hydrogen) atoms. The van der Waals surface area contributed by atoms with E-state index in [0.29, 0.717) is 36.0 Å². The minimum atomic E-state index is -0.235. The molecule has 5 rings (SSSR count). The highest BCUT2D eigenvalue weighted by atomic mass is 16.5. The fourth-order valence-electron chi connectivity index (χ4n) is 4.65. The maximum absolute atomic E-state index is 13.3. The van der Waals surface area contributed by atoms with E-state index in [2.05, 4.69) is 17.4 Å². The van der Waals surface area contributed by atoms with Crippen LogP contribution in [-0.2, 0) is 13.0 Å². The molecule has 1 heterocycles. The molecule has 0 saturated carbocycles. The van der Waals surface area contributed by atoms with E-state index in [0.717, 1.165) is 33.8 Å². The summed E-state index contributed by atoms with van der Waals surface area (Å²) in [7, 11) is 4.90. The number of nitrogens with zero attached hydrogens (tertiary/aromatic N) is 2. The highest BCUT2D eigenvalue weighted by Crippen LogP contribution is 2.34. The number of hydrogen-bond donors (Lipinski definition) is 1. The van der Waals surface area contributed by atoms with Crippen LogP contribution >= 0.6 is 0 Å². The molecule has 0 unspecified atom stereocenters. The molecule has 1 aromatic heterocycles. The first kappa shape index (κ1) is 26.6. The molecule has 0 aliphatic heterocycles. The fraction of sp³-hybridized carbons (Fsp3) is 0.152. The average molecular weight is 534 g/mol. The van der Waals surface area contributed by atoms with Crippen LogP contribution in [0.4, 0.5) is 5.95 Å². The van der Waals surface area contributed by atoms with Crippen LogP contribution in [0.3, 0.4) is 0 Å². The maximum Gasteiger partial charge on any atom is 0.257 e. The summed E-state index contributed by atoms with van der Waals surface area (Å²) in [6, 6.07) is 32.9. The molecule has 0 fully saturated rings. The number of hydrogen-bond acceptors (Lipinski definition) is 5. The van der Waals surface area contributed by atoms with Crippen molar-refractivity contribution in [2.75, 3.05) is 26.6 Å². The standard InChI is InChI=1S/C33H31N3O4/c1-38-27-17-14-24(15-18-27)31-29(20-23-10-6-4-7-11-23)34-33(35-32(37)25-12-8-5-9-13-25)36(31)22-26-16-19-28(39-2)21-30(26)40-3/h4-19,21H,20,22H2,1-3H3,(H,34,35,37). The number of benzene rings is 4. The largest absolute Gasteiger partial charge is 0.497 e. The highest BCUT2D eigenvalue weighted by molar-refractivity contribution is 6.03. The molecule has 1 N–H and O–H groups in total. The number of anilines is 1. The predicted octanol–water partition coefficient (Wildman–Crippen LogP) is 6.47. The minimum absolute atomic E-state index is 0.235. The maximum atomic E-state index is 13.3. The van der Waals surface area contributed by atoms with E-state index in [1.165, 1.54) is 0 Å². The lowest BCUT2D eigenvalue weighted by atomic mass is 10.0. The highest BCUT2D eigenvalue weighted by Gasteiger charge is 2.22. The van der Waals surface area contributed by atoms with Gasteiger partial charge in [0.2, 0.25) is 5.95 Å². The van der Waals surface area contributed by atoms with Crippen LogP contribution in [0, 0.1) is 0 Å². The Hall–Kier alpha value is -5.04. The summed E-state index contributed by atoms with van der Waals surface area (Å²) in [4.78, 5) is 18.3. The molecule has 202 valence electrons. The van der Waals surface area contributed by atoms with Gasteiger partial charge >= 0.3 is 0 Å². The Balaban J connectivity index is 1.67. The quantitative estimate of drug-likeness (QED) is 0.223. The van der Waals surface area contributed by atoms with Crippen LogP contribution in [0.1, 0.15) is 27.2 Å². The number of methoxy groups -OCH3 is 3. The molecule has 0 aliphatic carbocycles. The first-order valence-electron chi connectivity index (χ1n) is 12.9. The summed E-state index contributed by atoms with van der Waals surface area (Å²) in [5, 5.41) is 3.07. The first-order valence-corrected chi connectivity index (χ1v) is 12.9. The first-order chi connectivity index (χ1) is 19.6. The lowest BCUT2D eigenvalue weighted by Crippen LogP contribution is -2.17. The normalized spacial score (nSPS) is 10.7. The van der Waals surface area contributed by atoms with Gasteiger partial charge in [0.25, 0.3) is 5.91 Å². The van der Waals surface area contributed by atoms with Crippen LogP contribution in [0.5, 0.6) is 17.2 Å². The van der Waals surface area contributed by atoms with Gasteiger partial charge in [-0.2, -0.15) is 0 Å². The van der Waals surface area contributed by atoms with Gasteiger partial charge in [-0.1, -0.05) is 48.5 Å². The molecule has 5 aromatic rings. The molecular formula is C33H31N3O4.